The maximum atomic E-state index is 12.1. The number of likely N-dealkylation sites (N-methyl/N-ethyl adjacent to an activating group) is 1. The molecular formula is C18H27NO3. The summed E-state index contributed by atoms with van der Waals surface area (Å²) in [5.41, 5.74) is 2.40. The van der Waals surface area contributed by atoms with Crippen LogP contribution in [0.25, 0.3) is 0 Å². The van der Waals surface area contributed by atoms with Crippen LogP contribution in [0.3, 0.4) is 0 Å². The van der Waals surface area contributed by atoms with Crippen LogP contribution in [0.4, 0.5) is 0 Å². The number of aryl methyl sites for hydroxylation is 2. The van der Waals surface area contributed by atoms with Gasteiger partial charge in [0.25, 0.3) is 5.91 Å². The molecule has 0 bridgehead atoms. The Morgan fingerprint density at radius 3 is 2.82 bits per heavy atom. The molecule has 0 aromatic heterocycles. The molecule has 1 aromatic rings. The van der Waals surface area contributed by atoms with E-state index in [4.69, 9.17) is 9.47 Å². The lowest BCUT2D eigenvalue weighted by atomic mass is 10.1. The number of carbonyl (C=O) groups excluding carboxylic acids is 1. The molecule has 4 heteroatoms. The zero-order chi connectivity index (χ0) is 15.9. The van der Waals surface area contributed by atoms with Crippen molar-refractivity contribution in [2.45, 2.75) is 45.6 Å². The third-order valence-electron chi connectivity index (χ3n) is 4.33. The van der Waals surface area contributed by atoms with E-state index in [0.29, 0.717) is 6.10 Å². The van der Waals surface area contributed by atoms with Gasteiger partial charge in [-0.1, -0.05) is 6.07 Å². The Labute approximate surface area is 133 Å². The fraction of sp³-hybridized carbons (Fsp3) is 0.611. The summed E-state index contributed by atoms with van der Waals surface area (Å²) in [6, 6.07) is 5.89. The third kappa shape index (κ3) is 5.02. The Morgan fingerprint density at radius 2 is 2.14 bits per heavy atom. The van der Waals surface area contributed by atoms with Crippen molar-refractivity contribution in [1.29, 1.82) is 0 Å². The van der Waals surface area contributed by atoms with Gasteiger partial charge in [0.2, 0.25) is 0 Å². The standard InChI is InChI=1S/C18H27NO3/c1-14-7-8-17(12-15(14)2)22-13-18(20)19(3)10-9-16-6-4-5-11-21-16/h7-8,12,16H,4-6,9-11,13H2,1-3H3. The van der Waals surface area contributed by atoms with Crippen LogP contribution in [-0.4, -0.2) is 43.7 Å². The summed E-state index contributed by atoms with van der Waals surface area (Å²) < 4.78 is 11.3. The highest BCUT2D eigenvalue weighted by atomic mass is 16.5. The molecule has 1 fully saturated rings. The van der Waals surface area contributed by atoms with Gasteiger partial charge >= 0.3 is 0 Å². The van der Waals surface area contributed by atoms with Crippen LogP contribution in [0.5, 0.6) is 5.75 Å². The Bertz CT molecular complexity index is 495. The van der Waals surface area contributed by atoms with Crippen LogP contribution < -0.4 is 4.74 Å². The number of amides is 1. The van der Waals surface area contributed by atoms with Crippen LogP contribution in [-0.2, 0) is 9.53 Å². The predicted octanol–water partition coefficient (Wildman–Crippen LogP) is 3.10. The van der Waals surface area contributed by atoms with Crippen molar-refractivity contribution in [2.24, 2.45) is 0 Å². The fourth-order valence-corrected chi connectivity index (χ4v) is 2.56. The number of carbonyl (C=O) groups is 1. The van der Waals surface area contributed by atoms with E-state index < -0.39 is 0 Å². The van der Waals surface area contributed by atoms with E-state index in [0.717, 1.165) is 38.2 Å². The average Bonchev–Trinajstić information content (AvgIpc) is 2.54. The summed E-state index contributed by atoms with van der Waals surface area (Å²) in [7, 11) is 1.83. The maximum Gasteiger partial charge on any atom is 0.260 e. The molecule has 1 aromatic carbocycles. The van der Waals surface area contributed by atoms with E-state index in [9.17, 15) is 4.79 Å². The normalized spacial score (nSPS) is 18.0. The van der Waals surface area contributed by atoms with Gasteiger partial charge in [-0.25, -0.2) is 0 Å². The second kappa shape index (κ2) is 8.18. The fourth-order valence-electron chi connectivity index (χ4n) is 2.56. The summed E-state index contributed by atoms with van der Waals surface area (Å²) in [5, 5.41) is 0. The van der Waals surface area contributed by atoms with E-state index in [1.165, 1.54) is 17.5 Å². The molecule has 1 aliphatic rings. The first-order valence-electron chi connectivity index (χ1n) is 8.12. The zero-order valence-corrected chi connectivity index (χ0v) is 13.9. The monoisotopic (exact) mass is 305 g/mol. The molecule has 0 N–H and O–H groups in total. The van der Waals surface area contributed by atoms with Crippen molar-refractivity contribution in [1.82, 2.24) is 4.90 Å². The van der Waals surface area contributed by atoms with E-state index in [1.807, 2.05) is 32.2 Å². The number of nitrogens with zero attached hydrogens (tertiary/aromatic N) is 1. The lowest BCUT2D eigenvalue weighted by Gasteiger charge is -2.25. The molecule has 1 heterocycles. The highest BCUT2D eigenvalue weighted by Crippen LogP contribution is 2.17. The van der Waals surface area contributed by atoms with Gasteiger partial charge in [-0.2, -0.15) is 0 Å². The van der Waals surface area contributed by atoms with Crippen LogP contribution >= 0.6 is 0 Å². The minimum Gasteiger partial charge on any atom is -0.484 e. The molecule has 0 spiro atoms. The molecule has 2 rings (SSSR count). The van der Waals surface area contributed by atoms with Crippen molar-refractivity contribution in [3.05, 3.63) is 29.3 Å². The van der Waals surface area contributed by atoms with E-state index in [-0.39, 0.29) is 12.5 Å². The molecule has 1 atom stereocenters. The van der Waals surface area contributed by atoms with Gasteiger partial charge in [-0.15, -0.1) is 0 Å². The maximum absolute atomic E-state index is 12.1. The van der Waals surface area contributed by atoms with Crippen LogP contribution in [0.15, 0.2) is 18.2 Å². The van der Waals surface area contributed by atoms with Crippen molar-refractivity contribution in [3.63, 3.8) is 0 Å². The summed E-state index contributed by atoms with van der Waals surface area (Å²) >= 11 is 0. The topological polar surface area (TPSA) is 38.8 Å². The zero-order valence-electron chi connectivity index (χ0n) is 13.9. The molecule has 1 amide bonds. The molecule has 122 valence electrons. The molecule has 4 nitrogen and oxygen atoms in total. The number of ether oxygens (including phenoxy) is 2. The number of rotatable bonds is 6. The minimum atomic E-state index is 0.00837. The molecular weight excluding hydrogens is 278 g/mol. The van der Waals surface area contributed by atoms with Crippen molar-refractivity contribution < 1.29 is 14.3 Å². The third-order valence-corrected chi connectivity index (χ3v) is 4.33. The molecule has 1 saturated heterocycles. The summed E-state index contributed by atoms with van der Waals surface area (Å²) in [4.78, 5) is 13.8. The number of hydrogen-bond acceptors (Lipinski definition) is 3. The van der Waals surface area contributed by atoms with Gasteiger partial charge in [-0.05, 0) is 62.8 Å². The highest BCUT2D eigenvalue weighted by Gasteiger charge is 2.16. The van der Waals surface area contributed by atoms with Crippen LogP contribution in [0.2, 0.25) is 0 Å². The van der Waals surface area contributed by atoms with Gasteiger partial charge in [0.05, 0.1) is 6.10 Å². The van der Waals surface area contributed by atoms with E-state index >= 15 is 0 Å². The lowest BCUT2D eigenvalue weighted by Crippen LogP contribution is -2.34. The Kier molecular flexibility index (Phi) is 6.25. The van der Waals surface area contributed by atoms with Gasteiger partial charge < -0.3 is 14.4 Å². The second-order valence-electron chi connectivity index (χ2n) is 6.13. The Morgan fingerprint density at radius 1 is 1.32 bits per heavy atom. The minimum absolute atomic E-state index is 0.00837. The van der Waals surface area contributed by atoms with Crippen molar-refractivity contribution >= 4 is 5.91 Å². The van der Waals surface area contributed by atoms with Crippen molar-refractivity contribution in [3.8, 4) is 5.75 Å². The quantitative estimate of drug-likeness (QED) is 0.810. The average molecular weight is 305 g/mol. The SMILES string of the molecule is Cc1ccc(OCC(=O)N(C)CCC2CCCCO2)cc1C. The first-order chi connectivity index (χ1) is 10.6. The van der Waals surface area contributed by atoms with Gasteiger partial charge in [0, 0.05) is 20.2 Å². The Hall–Kier alpha value is -1.55. The highest BCUT2D eigenvalue weighted by molar-refractivity contribution is 5.77. The predicted molar refractivity (Wildman–Crippen MR) is 87.3 cm³/mol. The summed E-state index contributed by atoms with van der Waals surface area (Å²) in [5.74, 6) is 0.759. The van der Waals surface area contributed by atoms with E-state index in [1.54, 1.807) is 4.90 Å². The lowest BCUT2D eigenvalue weighted by molar-refractivity contribution is -0.132. The molecule has 1 aliphatic heterocycles. The first kappa shape index (κ1) is 16.8. The molecule has 0 saturated carbocycles. The second-order valence-corrected chi connectivity index (χ2v) is 6.13. The smallest absolute Gasteiger partial charge is 0.260 e. The van der Waals surface area contributed by atoms with Gasteiger partial charge in [0.1, 0.15) is 5.75 Å². The van der Waals surface area contributed by atoms with Crippen LogP contribution in [0, 0.1) is 13.8 Å². The van der Waals surface area contributed by atoms with Gasteiger partial charge in [0.15, 0.2) is 6.61 Å². The van der Waals surface area contributed by atoms with Crippen molar-refractivity contribution in [2.75, 3.05) is 26.8 Å². The molecule has 1 unspecified atom stereocenters. The van der Waals surface area contributed by atoms with E-state index in [2.05, 4.69) is 6.92 Å². The van der Waals surface area contributed by atoms with Gasteiger partial charge in [-0.3, -0.25) is 4.79 Å². The largest absolute Gasteiger partial charge is 0.484 e. The van der Waals surface area contributed by atoms with Crippen LogP contribution in [0.1, 0.15) is 36.8 Å². The Balaban J connectivity index is 1.72. The summed E-state index contributed by atoms with van der Waals surface area (Å²) in [6.45, 7) is 5.77. The number of benzene rings is 1. The molecule has 0 radical (unpaired) electrons. The molecule has 0 aliphatic carbocycles. The first-order valence-corrected chi connectivity index (χ1v) is 8.12. The number of hydrogen-bond donors (Lipinski definition) is 0. The molecule has 22 heavy (non-hydrogen) atoms. The summed E-state index contributed by atoms with van der Waals surface area (Å²) in [6.07, 6.45) is 4.73.